The lowest BCUT2D eigenvalue weighted by Crippen LogP contribution is -2.20. The predicted octanol–water partition coefficient (Wildman–Crippen LogP) is 4.81. The Morgan fingerprint density at radius 1 is 1.12 bits per heavy atom. The molecule has 0 saturated carbocycles. The summed E-state index contributed by atoms with van der Waals surface area (Å²) in [5.41, 5.74) is 1.96. The van der Waals surface area contributed by atoms with Crippen molar-refractivity contribution >= 4 is 27.9 Å². The topological polar surface area (TPSA) is 85.6 Å². The molecule has 0 aliphatic rings. The van der Waals surface area contributed by atoms with Crippen LogP contribution in [0.4, 0.5) is 5.69 Å². The maximum atomic E-state index is 12.8. The van der Waals surface area contributed by atoms with Gasteiger partial charge in [0.25, 0.3) is 5.56 Å². The molecule has 170 valence electrons. The molecule has 1 N–H and O–H groups in total. The summed E-state index contributed by atoms with van der Waals surface area (Å²) in [7, 11) is 0. The molecule has 1 unspecified atom stereocenters. The minimum atomic E-state index is -0.225. The van der Waals surface area contributed by atoms with Crippen LogP contribution in [-0.4, -0.2) is 20.5 Å². The van der Waals surface area contributed by atoms with E-state index >= 15 is 0 Å². The number of hydrogen-bond acceptors (Lipinski definition) is 6. The minimum Gasteiger partial charge on any atom is -0.487 e. The number of ether oxygens (including phenoxy) is 1. The van der Waals surface area contributed by atoms with E-state index in [1.54, 1.807) is 6.07 Å². The lowest BCUT2D eigenvalue weighted by molar-refractivity contribution is -0.117. The van der Waals surface area contributed by atoms with Crippen molar-refractivity contribution in [3.8, 4) is 5.75 Å². The van der Waals surface area contributed by atoms with Gasteiger partial charge in [-0.15, -0.1) is 0 Å². The van der Waals surface area contributed by atoms with Gasteiger partial charge < -0.3 is 10.1 Å². The SMILES string of the molecule is CCCc1nn2c(=O)cc(COc3cccc(NC(=O)C(CC)c4ccccc4)c3)nc2s1. The molecule has 0 radical (unpaired) electrons. The zero-order valence-corrected chi connectivity index (χ0v) is 19.5. The van der Waals surface area contributed by atoms with Gasteiger partial charge in [-0.3, -0.25) is 9.59 Å². The van der Waals surface area contributed by atoms with Crippen LogP contribution < -0.4 is 15.6 Å². The first-order valence-corrected chi connectivity index (χ1v) is 11.9. The van der Waals surface area contributed by atoms with Crippen LogP contribution >= 0.6 is 11.3 Å². The fourth-order valence-corrected chi connectivity index (χ4v) is 4.61. The van der Waals surface area contributed by atoms with Crippen LogP contribution in [0.2, 0.25) is 0 Å². The monoisotopic (exact) mass is 462 g/mol. The van der Waals surface area contributed by atoms with E-state index in [-0.39, 0.29) is 24.0 Å². The molecule has 1 amide bonds. The molecule has 0 aliphatic heterocycles. The average Bonchev–Trinajstić information content (AvgIpc) is 3.23. The van der Waals surface area contributed by atoms with Crippen LogP contribution in [0.1, 0.15) is 48.9 Å². The zero-order chi connectivity index (χ0) is 23.2. The Balaban J connectivity index is 1.44. The first-order chi connectivity index (χ1) is 16.1. The first-order valence-electron chi connectivity index (χ1n) is 11.0. The van der Waals surface area contributed by atoms with Crippen molar-refractivity contribution in [3.63, 3.8) is 0 Å². The number of carbonyl (C=O) groups excluding carboxylic acids is 1. The van der Waals surface area contributed by atoms with Gasteiger partial charge in [-0.1, -0.05) is 61.6 Å². The molecule has 0 fully saturated rings. The van der Waals surface area contributed by atoms with Gasteiger partial charge in [0, 0.05) is 24.2 Å². The van der Waals surface area contributed by atoms with E-state index in [1.165, 1.54) is 21.9 Å². The number of benzene rings is 2. The van der Waals surface area contributed by atoms with E-state index < -0.39 is 0 Å². The van der Waals surface area contributed by atoms with Gasteiger partial charge >= 0.3 is 0 Å². The van der Waals surface area contributed by atoms with E-state index in [2.05, 4.69) is 22.3 Å². The highest BCUT2D eigenvalue weighted by Crippen LogP contribution is 2.24. The standard InChI is InChI=1S/C25H26N4O3S/c1-3-9-22-28-29-23(30)15-19(27-25(29)33-22)16-32-20-13-8-12-18(14-20)26-24(31)21(4-2)17-10-6-5-7-11-17/h5-8,10-15,21H,3-4,9,16H2,1-2H3,(H,26,31). The van der Waals surface area contributed by atoms with Crippen molar-refractivity contribution in [2.24, 2.45) is 0 Å². The number of carbonyl (C=O) groups is 1. The van der Waals surface area contributed by atoms with Gasteiger partial charge in [0.1, 0.15) is 17.4 Å². The normalized spacial score (nSPS) is 11.9. The molecule has 0 aliphatic carbocycles. The molecule has 4 aromatic rings. The maximum Gasteiger partial charge on any atom is 0.275 e. The fourth-order valence-electron chi connectivity index (χ4n) is 3.59. The van der Waals surface area contributed by atoms with Gasteiger partial charge in [-0.2, -0.15) is 9.61 Å². The van der Waals surface area contributed by atoms with E-state index in [4.69, 9.17) is 4.74 Å². The molecule has 0 saturated heterocycles. The summed E-state index contributed by atoms with van der Waals surface area (Å²) in [6, 6.07) is 18.4. The molecule has 33 heavy (non-hydrogen) atoms. The van der Waals surface area contributed by atoms with Gasteiger partial charge in [0.05, 0.1) is 11.6 Å². The number of fused-ring (bicyclic) bond motifs is 1. The summed E-state index contributed by atoms with van der Waals surface area (Å²) in [4.78, 5) is 30.3. The third kappa shape index (κ3) is 5.46. The highest BCUT2D eigenvalue weighted by atomic mass is 32.1. The van der Waals surface area contributed by atoms with E-state index in [0.717, 1.165) is 23.4 Å². The largest absolute Gasteiger partial charge is 0.487 e. The Hall–Kier alpha value is -3.52. The number of anilines is 1. The fraction of sp³-hybridized carbons (Fsp3) is 0.280. The Labute approximate surface area is 196 Å². The Kier molecular flexibility index (Phi) is 7.14. The van der Waals surface area contributed by atoms with Crippen molar-refractivity contribution in [2.45, 2.75) is 45.6 Å². The Morgan fingerprint density at radius 3 is 2.70 bits per heavy atom. The lowest BCUT2D eigenvalue weighted by Gasteiger charge is -2.16. The first kappa shape index (κ1) is 22.7. The number of aryl methyl sites for hydroxylation is 1. The van der Waals surface area contributed by atoms with Gasteiger partial charge in [0.15, 0.2) is 0 Å². The summed E-state index contributed by atoms with van der Waals surface area (Å²) in [5.74, 6) is 0.296. The summed E-state index contributed by atoms with van der Waals surface area (Å²) in [6.45, 7) is 4.21. The minimum absolute atomic E-state index is 0.0610. The molecule has 2 aromatic carbocycles. The second-order valence-corrected chi connectivity index (χ2v) is 8.74. The molecule has 2 heterocycles. The van der Waals surface area contributed by atoms with Crippen LogP contribution in [-0.2, 0) is 17.8 Å². The zero-order valence-electron chi connectivity index (χ0n) is 18.7. The average molecular weight is 463 g/mol. The lowest BCUT2D eigenvalue weighted by atomic mass is 9.95. The van der Waals surface area contributed by atoms with Gasteiger partial charge in [-0.05, 0) is 30.5 Å². The molecule has 2 aromatic heterocycles. The van der Waals surface area contributed by atoms with E-state index in [0.29, 0.717) is 28.5 Å². The van der Waals surface area contributed by atoms with Crippen molar-refractivity contribution in [1.29, 1.82) is 0 Å². The highest BCUT2D eigenvalue weighted by molar-refractivity contribution is 7.16. The van der Waals surface area contributed by atoms with Crippen LogP contribution in [0.5, 0.6) is 5.75 Å². The van der Waals surface area contributed by atoms with Crippen molar-refractivity contribution < 1.29 is 9.53 Å². The van der Waals surface area contributed by atoms with Crippen molar-refractivity contribution in [3.05, 3.63) is 87.3 Å². The number of aromatic nitrogens is 3. The molecule has 0 spiro atoms. The molecule has 4 rings (SSSR count). The summed E-state index contributed by atoms with van der Waals surface area (Å²) >= 11 is 1.42. The summed E-state index contributed by atoms with van der Waals surface area (Å²) < 4.78 is 7.21. The van der Waals surface area contributed by atoms with E-state index in [9.17, 15) is 9.59 Å². The van der Waals surface area contributed by atoms with Gasteiger partial charge in [-0.25, -0.2) is 4.98 Å². The second kappa shape index (κ2) is 10.4. The van der Waals surface area contributed by atoms with Crippen LogP contribution in [0.25, 0.3) is 4.96 Å². The second-order valence-electron chi connectivity index (χ2n) is 7.70. The molecule has 0 bridgehead atoms. The Morgan fingerprint density at radius 2 is 1.94 bits per heavy atom. The molecule has 7 nitrogen and oxygen atoms in total. The molecular formula is C25H26N4O3S. The predicted molar refractivity (Wildman–Crippen MR) is 130 cm³/mol. The number of amides is 1. The molecular weight excluding hydrogens is 436 g/mol. The maximum absolute atomic E-state index is 12.8. The smallest absolute Gasteiger partial charge is 0.275 e. The third-order valence-electron chi connectivity index (χ3n) is 5.22. The summed E-state index contributed by atoms with van der Waals surface area (Å²) in [5, 5.41) is 8.20. The summed E-state index contributed by atoms with van der Waals surface area (Å²) in [6.07, 6.45) is 2.48. The van der Waals surface area contributed by atoms with Crippen LogP contribution in [0, 0.1) is 0 Å². The van der Waals surface area contributed by atoms with Crippen molar-refractivity contribution in [2.75, 3.05) is 5.32 Å². The quantitative estimate of drug-likeness (QED) is 0.386. The van der Waals surface area contributed by atoms with Crippen LogP contribution in [0.15, 0.2) is 65.5 Å². The highest BCUT2D eigenvalue weighted by Gasteiger charge is 2.18. The number of nitrogens with zero attached hydrogens (tertiary/aromatic N) is 3. The van der Waals surface area contributed by atoms with Crippen LogP contribution in [0.3, 0.4) is 0 Å². The van der Waals surface area contributed by atoms with Crippen molar-refractivity contribution in [1.82, 2.24) is 14.6 Å². The third-order valence-corrected chi connectivity index (χ3v) is 6.19. The Bertz CT molecular complexity index is 1300. The number of hydrogen-bond donors (Lipinski definition) is 1. The number of rotatable bonds is 9. The van der Waals surface area contributed by atoms with E-state index in [1.807, 2.05) is 55.5 Å². The van der Waals surface area contributed by atoms with Gasteiger partial charge in [0.2, 0.25) is 10.9 Å². The molecule has 8 heteroatoms. The number of nitrogens with one attached hydrogen (secondary N) is 1. The molecule has 1 atom stereocenters.